The summed E-state index contributed by atoms with van der Waals surface area (Å²) in [6.45, 7) is 0.183. The fourth-order valence-corrected chi connectivity index (χ4v) is 2.72. The molecule has 0 aliphatic heterocycles. The van der Waals surface area contributed by atoms with E-state index in [0.717, 1.165) is 15.9 Å². The van der Waals surface area contributed by atoms with Crippen molar-refractivity contribution in [3.8, 4) is 5.75 Å². The lowest BCUT2D eigenvalue weighted by Gasteiger charge is -2.03. The SMILES string of the molecule is O=C(CSc1nnc(COc2ccccc2)o1)Nc1ccc(Br)cc1. The Morgan fingerprint density at radius 2 is 1.88 bits per heavy atom. The number of amides is 1. The topological polar surface area (TPSA) is 77.2 Å². The number of thioether (sulfide) groups is 1. The van der Waals surface area contributed by atoms with Crippen molar-refractivity contribution in [3.63, 3.8) is 0 Å². The molecule has 0 saturated carbocycles. The van der Waals surface area contributed by atoms with Crippen LogP contribution in [0.1, 0.15) is 5.89 Å². The molecule has 0 bridgehead atoms. The van der Waals surface area contributed by atoms with Crippen LogP contribution in [0.5, 0.6) is 5.75 Å². The molecule has 1 aromatic heterocycles. The average Bonchev–Trinajstić information content (AvgIpc) is 3.09. The van der Waals surface area contributed by atoms with Gasteiger partial charge >= 0.3 is 0 Å². The van der Waals surface area contributed by atoms with Crippen molar-refractivity contribution < 1.29 is 13.9 Å². The van der Waals surface area contributed by atoms with Crippen LogP contribution in [0.4, 0.5) is 5.69 Å². The number of rotatable bonds is 7. The monoisotopic (exact) mass is 419 g/mol. The van der Waals surface area contributed by atoms with E-state index in [1.807, 2.05) is 54.6 Å². The standard InChI is InChI=1S/C17H14BrN3O3S/c18-12-6-8-13(9-7-12)19-15(22)11-25-17-21-20-16(24-17)10-23-14-4-2-1-3-5-14/h1-9H,10-11H2,(H,19,22). The van der Waals surface area contributed by atoms with E-state index in [0.29, 0.717) is 11.1 Å². The number of benzene rings is 2. The van der Waals surface area contributed by atoms with Crippen LogP contribution in [-0.4, -0.2) is 21.9 Å². The van der Waals surface area contributed by atoms with Gasteiger partial charge in [-0.25, -0.2) is 0 Å². The Morgan fingerprint density at radius 1 is 1.12 bits per heavy atom. The molecule has 0 saturated heterocycles. The van der Waals surface area contributed by atoms with Crippen LogP contribution in [0.25, 0.3) is 0 Å². The molecule has 3 rings (SSSR count). The molecule has 0 fully saturated rings. The van der Waals surface area contributed by atoms with Crippen LogP contribution in [0.2, 0.25) is 0 Å². The number of carbonyl (C=O) groups is 1. The van der Waals surface area contributed by atoms with Crippen LogP contribution in [0, 0.1) is 0 Å². The van der Waals surface area contributed by atoms with Crippen molar-refractivity contribution in [1.29, 1.82) is 0 Å². The van der Waals surface area contributed by atoms with Gasteiger partial charge in [0.15, 0.2) is 6.61 Å². The lowest BCUT2D eigenvalue weighted by atomic mass is 10.3. The normalized spacial score (nSPS) is 10.4. The van der Waals surface area contributed by atoms with E-state index in [2.05, 4.69) is 31.4 Å². The van der Waals surface area contributed by atoms with E-state index >= 15 is 0 Å². The number of anilines is 1. The van der Waals surface area contributed by atoms with Crippen molar-refractivity contribution in [1.82, 2.24) is 10.2 Å². The Labute approximate surface area is 157 Å². The second kappa shape index (κ2) is 8.68. The highest BCUT2D eigenvalue weighted by Gasteiger charge is 2.10. The van der Waals surface area contributed by atoms with Gasteiger partial charge in [0.1, 0.15) is 5.75 Å². The molecule has 1 N–H and O–H groups in total. The third-order valence-electron chi connectivity index (χ3n) is 3.01. The maximum absolute atomic E-state index is 11.9. The molecule has 2 aromatic carbocycles. The Kier molecular flexibility index (Phi) is 6.08. The van der Waals surface area contributed by atoms with E-state index in [9.17, 15) is 4.79 Å². The summed E-state index contributed by atoms with van der Waals surface area (Å²) >= 11 is 4.52. The fourth-order valence-electron chi connectivity index (χ4n) is 1.87. The molecule has 0 spiro atoms. The second-order valence-corrected chi connectivity index (χ2v) is 6.75. The summed E-state index contributed by atoms with van der Waals surface area (Å²) in [6, 6.07) is 16.7. The first-order valence-electron chi connectivity index (χ1n) is 7.37. The maximum Gasteiger partial charge on any atom is 0.277 e. The van der Waals surface area contributed by atoms with Crippen LogP contribution in [0.3, 0.4) is 0 Å². The van der Waals surface area contributed by atoms with Gasteiger partial charge in [-0.1, -0.05) is 45.9 Å². The lowest BCUT2D eigenvalue weighted by molar-refractivity contribution is -0.113. The van der Waals surface area contributed by atoms with E-state index < -0.39 is 0 Å². The molecular weight excluding hydrogens is 406 g/mol. The zero-order chi connectivity index (χ0) is 17.5. The van der Waals surface area contributed by atoms with E-state index in [1.165, 1.54) is 11.8 Å². The number of aromatic nitrogens is 2. The summed E-state index contributed by atoms with van der Waals surface area (Å²) in [4.78, 5) is 11.9. The first-order valence-corrected chi connectivity index (χ1v) is 9.15. The van der Waals surface area contributed by atoms with Crippen LogP contribution < -0.4 is 10.1 Å². The minimum atomic E-state index is -0.146. The summed E-state index contributed by atoms with van der Waals surface area (Å²) < 4.78 is 11.9. The molecule has 0 aliphatic carbocycles. The smallest absolute Gasteiger partial charge is 0.277 e. The van der Waals surface area contributed by atoms with E-state index in [4.69, 9.17) is 9.15 Å². The van der Waals surface area contributed by atoms with Crippen molar-refractivity contribution in [2.24, 2.45) is 0 Å². The third-order valence-corrected chi connectivity index (χ3v) is 4.36. The summed E-state index contributed by atoms with van der Waals surface area (Å²) in [5.41, 5.74) is 0.733. The van der Waals surface area contributed by atoms with Gasteiger partial charge in [0.2, 0.25) is 5.91 Å². The Hall–Kier alpha value is -2.32. The number of halogens is 1. The second-order valence-electron chi connectivity index (χ2n) is 4.91. The molecule has 6 nitrogen and oxygen atoms in total. The van der Waals surface area contributed by atoms with Crippen LogP contribution in [-0.2, 0) is 11.4 Å². The van der Waals surface area contributed by atoms with Gasteiger partial charge in [-0.15, -0.1) is 10.2 Å². The molecule has 1 heterocycles. The Morgan fingerprint density at radius 3 is 2.64 bits per heavy atom. The van der Waals surface area contributed by atoms with Gasteiger partial charge in [-0.05, 0) is 36.4 Å². The third kappa shape index (κ3) is 5.61. The predicted molar refractivity (Wildman–Crippen MR) is 98.6 cm³/mol. The van der Waals surface area contributed by atoms with Gasteiger partial charge in [-0.3, -0.25) is 4.79 Å². The summed E-state index contributed by atoms with van der Waals surface area (Å²) in [6.07, 6.45) is 0. The maximum atomic E-state index is 11.9. The quantitative estimate of drug-likeness (QED) is 0.579. The number of para-hydroxylation sites is 1. The zero-order valence-electron chi connectivity index (χ0n) is 13.0. The van der Waals surface area contributed by atoms with Gasteiger partial charge in [0.05, 0.1) is 5.75 Å². The summed E-state index contributed by atoms with van der Waals surface area (Å²) in [5.74, 6) is 1.12. The summed E-state index contributed by atoms with van der Waals surface area (Å²) in [7, 11) is 0. The number of nitrogens with one attached hydrogen (secondary N) is 1. The first-order chi connectivity index (χ1) is 12.2. The van der Waals surface area contributed by atoms with Gasteiger partial charge in [-0.2, -0.15) is 0 Å². The molecule has 0 aliphatic rings. The largest absolute Gasteiger partial charge is 0.484 e. The highest BCUT2D eigenvalue weighted by Crippen LogP contribution is 2.19. The minimum Gasteiger partial charge on any atom is -0.484 e. The highest BCUT2D eigenvalue weighted by atomic mass is 79.9. The van der Waals surface area contributed by atoms with Crippen LogP contribution in [0.15, 0.2) is 68.7 Å². The van der Waals surface area contributed by atoms with Gasteiger partial charge in [0, 0.05) is 10.2 Å². The molecule has 3 aromatic rings. The molecule has 25 heavy (non-hydrogen) atoms. The number of carbonyl (C=O) groups excluding carboxylic acids is 1. The molecule has 1 amide bonds. The van der Waals surface area contributed by atoms with Crippen molar-refractivity contribution in [2.45, 2.75) is 11.8 Å². The minimum absolute atomic E-state index is 0.146. The van der Waals surface area contributed by atoms with Gasteiger partial charge in [0.25, 0.3) is 11.1 Å². The van der Waals surface area contributed by atoms with Crippen LogP contribution >= 0.6 is 27.7 Å². The number of hydrogen-bond acceptors (Lipinski definition) is 6. The highest BCUT2D eigenvalue weighted by molar-refractivity contribution is 9.10. The summed E-state index contributed by atoms with van der Waals surface area (Å²) in [5, 5.41) is 10.9. The average molecular weight is 420 g/mol. The molecule has 0 atom stereocenters. The number of ether oxygens (including phenoxy) is 1. The van der Waals surface area contributed by atoms with Crippen molar-refractivity contribution in [2.75, 3.05) is 11.1 Å². The Bertz CT molecular complexity index is 825. The molecule has 128 valence electrons. The Balaban J connectivity index is 1.45. The van der Waals surface area contributed by atoms with Crippen molar-refractivity contribution in [3.05, 3.63) is 65.0 Å². The number of hydrogen-bond donors (Lipinski definition) is 1. The lowest BCUT2D eigenvalue weighted by Crippen LogP contribution is -2.13. The molecule has 0 unspecified atom stereocenters. The van der Waals surface area contributed by atoms with E-state index in [-0.39, 0.29) is 18.3 Å². The van der Waals surface area contributed by atoms with Crippen molar-refractivity contribution >= 4 is 39.3 Å². The predicted octanol–water partition coefficient (Wildman–Crippen LogP) is 4.14. The molecular formula is C17H14BrN3O3S. The fraction of sp³-hybridized carbons (Fsp3) is 0.118. The number of nitrogens with zero attached hydrogens (tertiary/aromatic N) is 2. The van der Waals surface area contributed by atoms with E-state index in [1.54, 1.807) is 0 Å². The zero-order valence-corrected chi connectivity index (χ0v) is 15.4. The first kappa shape index (κ1) is 17.5. The molecule has 8 heteroatoms. The molecule has 0 radical (unpaired) electrons. The van der Waals surface area contributed by atoms with Gasteiger partial charge < -0.3 is 14.5 Å².